The van der Waals surface area contributed by atoms with Crippen LogP contribution in [-0.2, 0) is 0 Å². The van der Waals surface area contributed by atoms with E-state index in [0.717, 1.165) is 18.9 Å². The third-order valence-corrected chi connectivity index (χ3v) is 3.62. The molecule has 0 atom stereocenters. The van der Waals surface area contributed by atoms with Crippen molar-refractivity contribution in [2.45, 2.75) is 38.1 Å². The lowest BCUT2D eigenvalue weighted by molar-refractivity contribution is 0.310. The number of benzene rings is 1. The first kappa shape index (κ1) is 19.0. The summed E-state index contributed by atoms with van der Waals surface area (Å²) in [7, 11) is 1.79. The van der Waals surface area contributed by atoms with Crippen LogP contribution in [0.15, 0.2) is 29.3 Å². The van der Waals surface area contributed by atoms with Crippen molar-refractivity contribution in [3.63, 3.8) is 0 Å². The first-order valence-electron chi connectivity index (χ1n) is 7.63. The summed E-state index contributed by atoms with van der Waals surface area (Å²) >= 11 is 0. The molecule has 124 valence electrons. The van der Waals surface area contributed by atoms with Gasteiger partial charge in [0.05, 0.1) is 6.61 Å². The molecule has 1 aromatic carbocycles. The lowest BCUT2D eigenvalue weighted by atomic mass is 10.2. The van der Waals surface area contributed by atoms with Crippen LogP contribution in [0.2, 0.25) is 0 Å². The van der Waals surface area contributed by atoms with Gasteiger partial charge in [-0.25, -0.2) is 4.39 Å². The molecule has 1 saturated carbocycles. The van der Waals surface area contributed by atoms with E-state index in [-0.39, 0.29) is 29.8 Å². The highest BCUT2D eigenvalue weighted by molar-refractivity contribution is 14.0. The maximum Gasteiger partial charge on any atom is 0.191 e. The molecule has 0 aliphatic heterocycles. The Labute approximate surface area is 148 Å². The minimum Gasteiger partial charge on any atom is -0.494 e. The van der Waals surface area contributed by atoms with Crippen LogP contribution in [0, 0.1) is 5.82 Å². The van der Waals surface area contributed by atoms with E-state index in [1.54, 1.807) is 19.2 Å². The number of hydrogen-bond acceptors (Lipinski definition) is 2. The van der Waals surface area contributed by atoms with Crippen molar-refractivity contribution in [3.8, 4) is 5.75 Å². The van der Waals surface area contributed by atoms with Gasteiger partial charge in [-0.1, -0.05) is 12.8 Å². The van der Waals surface area contributed by atoms with Gasteiger partial charge >= 0.3 is 0 Å². The van der Waals surface area contributed by atoms with Crippen molar-refractivity contribution in [3.05, 3.63) is 30.1 Å². The van der Waals surface area contributed by atoms with Crippen LogP contribution < -0.4 is 15.4 Å². The summed E-state index contributed by atoms with van der Waals surface area (Å²) in [5.74, 6) is 1.32. The zero-order valence-electron chi connectivity index (χ0n) is 13.0. The van der Waals surface area contributed by atoms with E-state index < -0.39 is 0 Å². The van der Waals surface area contributed by atoms with E-state index in [1.165, 1.54) is 37.8 Å². The molecule has 0 radical (unpaired) electrons. The van der Waals surface area contributed by atoms with Gasteiger partial charge in [0.1, 0.15) is 11.6 Å². The smallest absolute Gasteiger partial charge is 0.191 e. The molecule has 0 saturated heterocycles. The molecule has 0 aromatic heterocycles. The summed E-state index contributed by atoms with van der Waals surface area (Å²) in [6.45, 7) is 1.40. The van der Waals surface area contributed by atoms with E-state index in [2.05, 4.69) is 15.6 Å². The number of rotatable bonds is 6. The van der Waals surface area contributed by atoms with E-state index >= 15 is 0 Å². The van der Waals surface area contributed by atoms with Gasteiger partial charge in [-0.2, -0.15) is 0 Å². The monoisotopic (exact) mass is 421 g/mol. The Morgan fingerprint density at radius 3 is 2.59 bits per heavy atom. The topological polar surface area (TPSA) is 45.7 Å². The Morgan fingerprint density at radius 1 is 1.27 bits per heavy atom. The lowest BCUT2D eigenvalue weighted by Gasteiger charge is -2.16. The summed E-state index contributed by atoms with van der Waals surface area (Å²) in [6.07, 6.45) is 5.94. The van der Waals surface area contributed by atoms with Crippen LogP contribution in [0.4, 0.5) is 4.39 Å². The number of nitrogens with zero attached hydrogens (tertiary/aromatic N) is 1. The molecule has 4 nitrogen and oxygen atoms in total. The Kier molecular flexibility index (Phi) is 9.19. The first-order valence-corrected chi connectivity index (χ1v) is 7.63. The second kappa shape index (κ2) is 10.6. The summed E-state index contributed by atoms with van der Waals surface area (Å²) in [5, 5.41) is 6.73. The second-order valence-electron chi connectivity index (χ2n) is 5.28. The van der Waals surface area contributed by atoms with Crippen molar-refractivity contribution < 1.29 is 9.13 Å². The largest absolute Gasteiger partial charge is 0.494 e. The maximum atomic E-state index is 12.7. The molecule has 1 aromatic rings. The van der Waals surface area contributed by atoms with Crippen molar-refractivity contribution in [2.75, 3.05) is 20.2 Å². The predicted molar refractivity (Wildman–Crippen MR) is 98.7 cm³/mol. The van der Waals surface area contributed by atoms with Crippen LogP contribution in [-0.4, -0.2) is 32.2 Å². The fourth-order valence-corrected chi connectivity index (χ4v) is 2.46. The number of aliphatic imine (C=N–C) groups is 1. The van der Waals surface area contributed by atoms with E-state index in [9.17, 15) is 4.39 Å². The van der Waals surface area contributed by atoms with Gasteiger partial charge in [-0.15, -0.1) is 24.0 Å². The van der Waals surface area contributed by atoms with Gasteiger partial charge in [-0.05, 0) is 43.5 Å². The molecule has 0 unspecified atom stereocenters. The molecule has 6 heteroatoms. The quantitative estimate of drug-likeness (QED) is 0.321. The van der Waals surface area contributed by atoms with Crippen LogP contribution in [0.1, 0.15) is 32.1 Å². The van der Waals surface area contributed by atoms with Crippen molar-refractivity contribution in [1.29, 1.82) is 0 Å². The van der Waals surface area contributed by atoms with E-state index in [4.69, 9.17) is 4.74 Å². The van der Waals surface area contributed by atoms with Gasteiger partial charge < -0.3 is 15.4 Å². The van der Waals surface area contributed by atoms with Gasteiger partial charge in [0.25, 0.3) is 0 Å². The Morgan fingerprint density at radius 2 is 1.95 bits per heavy atom. The number of ether oxygens (including phenoxy) is 1. The maximum absolute atomic E-state index is 12.7. The van der Waals surface area contributed by atoms with Crippen LogP contribution in [0.5, 0.6) is 5.75 Å². The number of nitrogens with one attached hydrogen (secondary N) is 2. The van der Waals surface area contributed by atoms with Crippen LogP contribution >= 0.6 is 24.0 Å². The molecule has 1 aliphatic rings. The predicted octanol–water partition coefficient (Wildman–Crippen LogP) is 3.32. The number of halogens is 2. The fraction of sp³-hybridized carbons (Fsp3) is 0.562. The fourth-order valence-electron chi connectivity index (χ4n) is 2.46. The SMILES string of the molecule is CN=C(NCCCOc1ccc(F)cc1)NC1CCCC1.I. The van der Waals surface area contributed by atoms with E-state index in [0.29, 0.717) is 18.4 Å². The summed E-state index contributed by atoms with van der Waals surface area (Å²) < 4.78 is 18.3. The standard InChI is InChI=1S/C16H24FN3O.HI/c1-18-16(20-14-5-2-3-6-14)19-11-4-12-21-15-9-7-13(17)8-10-15;/h7-10,14H,2-6,11-12H2,1H3,(H2,18,19,20);1H. The van der Waals surface area contributed by atoms with Crippen LogP contribution in [0.3, 0.4) is 0 Å². The molecule has 2 N–H and O–H groups in total. The van der Waals surface area contributed by atoms with Crippen molar-refractivity contribution in [2.24, 2.45) is 4.99 Å². The van der Waals surface area contributed by atoms with Crippen LogP contribution in [0.25, 0.3) is 0 Å². The molecule has 0 spiro atoms. The normalized spacial score (nSPS) is 15.3. The molecule has 1 aliphatic carbocycles. The highest BCUT2D eigenvalue weighted by Gasteiger charge is 2.15. The summed E-state index contributed by atoms with van der Waals surface area (Å²) in [4.78, 5) is 4.23. The second-order valence-corrected chi connectivity index (χ2v) is 5.28. The first-order chi connectivity index (χ1) is 10.3. The molecule has 0 amide bonds. The van der Waals surface area contributed by atoms with Crippen molar-refractivity contribution >= 4 is 29.9 Å². The zero-order chi connectivity index (χ0) is 14.9. The molecular formula is C16H25FIN3O. The summed E-state index contributed by atoms with van der Waals surface area (Å²) in [5.41, 5.74) is 0. The average molecular weight is 421 g/mol. The van der Waals surface area contributed by atoms with Crippen molar-refractivity contribution in [1.82, 2.24) is 10.6 Å². The van der Waals surface area contributed by atoms with E-state index in [1.807, 2.05) is 0 Å². The molecule has 2 rings (SSSR count). The summed E-state index contributed by atoms with van der Waals surface area (Å²) in [6, 6.07) is 6.65. The molecule has 1 fully saturated rings. The Bertz CT molecular complexity index is 447. The Hall–Kier alpha value is -1.05. The Balaban J connectivity index is 0.00000242. The number of hydrogen-bond donors (Lipinski definition) is 2. The highest BCUT2D eigenvalue weighted by Crippen LogP contribution is 2.17. The third kappa shape index (κ3) is 6.81. The lowest BCUT2D eigenvalue weighted by Crippen LogP contribution is -2.42. The number of guanidine groups is 1. The molecule has 0 heterocycles. The van der Waals surface area contributed by atoms with Gasteiger partial charge in [0.2, 0.25) is 0 Å². The van der Waals surface area contributed by atoms with Gasteiger partial charge in [0.15, 0.2) is 5.96 Å². The molecule has 0 bridgehead atoms. The highest BCUT2D eigenvalue weighted by atomic mass is 127. The third-order valence-electron chi connectivity index (χ3n) is 3.62. The zero-order valence-corrected chi connectivity index (χ0v) is 15.3. The minimum absolute atomic E-state index is 0. The average Bonchev–Trinajstić information content (AvgIpc) is 3.00. The molecular weight excluding hydrogens is 396 g/mol. The molecule has 22 heavy (non-hydrogen) atoms. The van der Waals surface area contributed by atoms with Gasteiger partial charge in [-0.3, -0.25) is 4.99 Å². The van der Waals surface area contributed by atoms with Gasteiger partial charge in [0, 0.05) is 19.6 Å². The minimum atomic E-state index is -0.245.